The summed E-state index contributed by atoms with van der Waals surface area (Å²) in [6.07, 6.45) is 2.07. The van der Waals surface area contributed by atoms with Crippen molar-refractivity contribution in [1.29, 1.82) is 0 Å². The smallest absolute Gasteiger partial charge is 0.253 e. The molecule has 0 saturated heterocycles. The Labute approximate surface area is 78.7 Å². The van der Waals surface area contributed by atoms with Crippen molar-refractivity contribution in [2.24, 2.45) is 5.92 Å². The fourth-order valence-electron chi connectivity index (χ4n) is 1.01. The fraction of sp³-hybridized carbons (Fsp3) is 0.444. The van der Waals surface area contributed by atoms with Gasteiger partial charge in [-0.15, -0.1) is 0 Å². The number of nitrogens with zero attached hydrogens (tertiary/aromatic N) is 1. The molecule has 1 saturated carbocycles. The summed E-state index contributed by atoms with van der Waals surface area (Å²) >= 11 is 0. The molecule has 1 aliphatic carbocycles. The summed E-state index contributed by atoms with van der Waals surface area (Å²) in [4.78, 5) is 3.03. The van der Waals surface area contributed by atoms with Crippen LogP contribution in [0.3, 0.4) is 0 Å². The average Bonchev–Trinajstić information content (AvgIpc) is 2.92. The van der Waals surface area contributed by atoms with Gasteiger partial charge in [-0.05, 0) is 18.8 Å². The predicted octanol–water partition coefficient (Wildman–Crippen LogP) is 2.29. The SMILES string of the molecule is Fc1cc(F)c(OCC2CC2)nc1F. The molecule has 0 bridgehead atoms. The van der Waals surface area contributed by atoms with E-state index in [0.717, 1.165) is 12.8 Å². The zero-order valence-corrected chi connectivity index (χ0v) is 7.27. The van der Waals surface area contributed by atoms with Gasteiger partial charge in [-0.25, -0.2) is 8.78 Å². The Kier molecular flexibility index (Phi) is 2.31. The van der Waals surface area contributed by atoms with E-state index < -0.39 is 23.5 Å². The zero-order chi connectivity index (χ0) is 10.1. The Morgan fingerprint density at radius 2 is 2.00 bits per heavy atom. The van der Waals surface area contributed by atoms with Crippen LogP contribution in [0, 0.1) is 23.5 Å². The van der Waals surface area contributed by atoms with Crippen LogP contribution in [0.2, 0.25) is 0 Å². The summed E-state index contributed by atoms with van der Waals surface area (Å²) in [7, 11) is 0. The molecule has 0 spiro atoms. The van der Waals surface area contributed by atoms with E-state index in [4.69, 9.17) is 4.74 Å². The Hall–Kier alpha value is -1.26. The second kappa shape index (κ2) is 3.48. The van der Waals surface area contributed by atoms with Gasteiger partial charge < -0.3 is 4.74 Å². The maximum absolute atomic E-state index is 12.9. The number of ether oxygens (including phenoxy) is 1. The van der Waals surface area contributed by atoms with Gasteiger partial charge in [0.1, 0.15) is 0 Å². The molecule has 0 aromatic carbocycles. The minimum absolute atomic E-state index is 0.314. The Morgan fingerprint density at radius 1 is 1.29 bits per heavy atom. The van der Waals surface area contributed by atoms with E-state index in [9.17, 15) is 13.2 Å². The van der Waals surface area contributed by atoms with Crippen molar-refractivity contribution >= 4 is 0 Å². The molecule has 0 radical (unpaired) electrons. The maximum Gasteiger partial charge on any atom is 0.253 e. The summed E-state index contributed by atoms with van der Waals surface area (Å²) in [6.45, 7) is 0.314. The quantitative estimate of drug-likeness (QED) is 0.703. The van der Waals surface area contributed by atoms with Crippen molar-refractivity contribution in [3.8, 4) is 5.88 Å². The van der Waals surface area contributed by atoms with Crippen molar-refractivity contribution < 1.29 is 17.9 Å². The van der Waals surface area contributed by atoms with E-state index >= 15 is 0 Å². The van der Waals surface area contributed by atoms with Crippen molar-refractivity contribution in [2.45, 2.75) is 12.8 Å². The van der Waals surface area contributed by atoms with Gasteiger partial charge in [-0.3, -0.25) is 0 Å². The van der Waals surface area contributed by atoms with Gasteiger partial charge in [0, 0.05) is 6.07 Å². The zero-order valence-electron chi connectivity index (χ0n) is 7.27. The first-order valence-corrected chi connectivity index (χ1v) is 4.31. The highest BCUT2D eigenvalue weighted by atomic mass is 19.2. The number of hydrogen-bond donors (Lipinski definition) is 0. The molecule has 5 heteroatoms. The standard InChI is InChI=1S/C9H8F3NO/c10-6-3-7(11)9(13-8(6)12)14-4-5-1-2-5/h3,5H,1-2,4H2. The molecule has 1 heterocycles. The van der Waals surface area contributed by atoms with Gasteiger partial charge in [-0.2, -0.15) is 9.37 Å². The van der Waals surface area contributed by atoms with Crippen LogP contribution in [0.1, 0.15) is 12.8 Å². The number of halogens is 3. The summed E-state index contributed by atoms with van der Waals surface area (Å²) < 4.78 is 42.8. The highest BCUT2D eigenvalue weighted by molar-refractivity contribution is 5.15. The van der Waals surface area contributed by atoms with E-state index in [1.54, 1.807) is 0 Å². The minimum atomic E-state index is -1.34. The molecule has 1 fully saturated rings. The first-order valence-electron chi connectivity index (χ1n) is 4.31. The topological polar surface area (TPSA) is 22.1 Å². The van der Waals surface area contributed by atoms with Crippen LogP contribution in [0.4, 0.5) is 13.2 Å². The summed E-state index contributed by atoms with van der Waals surface area (Å²) in [5.41, 5.74) is 0. The third-order valence-corrected chi connectivity index (χ3v) is 2.01. The maximum atomic E-state index is 12.9. The molecule has 0 atom stereocenters. The average molecular weight is 203 g/mol. The van der Waals surface area contributed by atoms with Crippen molar-refractivity contribution in [3.05, 3.63) is 23.6 Å². The second-order valence-corrected chi connectivity index (χ2v) is 3.30. The summed E-state index contributed by atoms with van der Waals surface area (Å²) in [6, 6.07) is 0.435. The van der Waals surface area contributed by atoms with Gasteiger partial charge in [0.2, 0.25) is 0 Å². The van der Waals surface area contributed by atoms with Gasteiger partial charge in [0.15, 0.2) is 11.6 Å². The lowest BCUT2D eigenvalue weighted by molar-refractivity contribution is 0.265. The molecule has 2 rings (SSSR count). The number of aromatic nitrogens is 1. The van der Waals surface area contributed by atoms with Crippen LogP contribution in [-0.4, -0.2) is 11.6 Å². The third kappa shape index (κ3) is 1.97. The van der Waals surface area contributed by atoms with Gasteiger partial charge >= 0.3 is 0 Å². The molecule has 1 aliphatic rings. The minimum Gasteiger partial charge on any atom is -0.475 e. The monoisotopic (exact) mass is 203 g/mol. The van der Waals surface area contributed by atoms with Crippen LogP contribution in [-0.2, 0) is 0 Å². The Morgan fingerprint density at radius 3 is 2.64 bits per heavy atom. The van der Waals surface area contributed by atoms with Crippen LogP contribution < -0.4 is 4.74 Å². The predicted molar refractivity (Wildman–Crippen MR) is 42.3 cm³/mol. The van der Waals surface area contributed by atoms with Gasteiger partial charge in [-0.1, -0.05) is 0 Å². The second-order valence-electron chi connectivity index (χ2n) is 3.30. The number of pyridine rings is 1. The van der Waals surface area contributed by atoms with Gasteiger partial charge in [0.25, 0.3) is 11.8 Å². The lowest BCUT2D eigenvalue weighted by Crippen LogP contribution is -2.05. The molecule has 0 aliphatic heterocycles. The van der Waals surface area contributed by atoms with Crippen molar-refractivity contribution in [3.63, 3.8) is 0 Å². The molecule has 1 aromatic rings. The first-order chi connectivity index (χ1) is 6.66. The highest BCUT2D eigenvalue weighted by Crippen LogP contribution is 2.29. The number of rotatable bonds is 3. The molecular weight excluding hydrogens is 195 g/mol. The van der Waals surface area contributed by atoms with Crippen molar-refractivity contribution in [2.75, 3.05) is 6.61 Å². The third-order valence-electron chi connectivity index (χ3n) is 2.01. The Bertz CT molecular complexity index is 352. The van der Waals surface area contributed by atoms with Crippen LogP contribution in [0.25, 0.3) is 0 Å². The van der Waals surface area contributed by atoms with Crippen molar-refractivity contribution in [1.82, 2.24) is 4.98 Å². The summed E-state index contributed by atoms with van der Waals surface area (Å²) in [5.74, 6) is -3.66. The molecule has 76 valence electrons. The molecule has 2 nitrogen and oxygen atoms in total. The molecule has 14 heavy (non-hydrogen) atoms. The lowest BCUT2D eigenvalue weighted by atomic mass is 10.4. The van der Waals surface area contributed by atoms with E-state index in [2.05, 4.69) is 4.98 Å². The fourth-order valence-corrected chi connectivity index (χ4v) is 1.01. The molecule has 1 aromatic heterocycles. The normalized spacial score (nSPS) is 15.6. The van der Waals surface area contributed by atoms with Gasteiger partial charge in [0.05, 0.1) is 6.61 Å². The molecular formula is C9H8F3NO. The lowest BCUT2D eigenvalue weighted by Gasteiger charge is -2.04. The van der Waals surface area contributed by atoms with E-state index in [1.807, 2.05) is 0 Å². The van der Waals surface area contributed by atoms with E-state index in [0.29, 0.717) is 18.6 Å². The molecule has 0 amide bonds. The first kappa shape index (κ1) is 9.30. The highest BCUT2D eigenvalue weighted by Gasteiger charge is 2.23. The Balaban J connectivity index is 2.10. The van der Waals surface area contributed by atoms with E-state index in [1.165, 1.54) is 0 Å². The number of hydrogen-bond acceptors (Lipinski definition) is 2. The van der Waals surface area contributed by atoms with E-state index in [-0.39, 0.29) is 0 Å². The largest absolute Gasteiger partial charge is 0.475 e. The van der Waals surface area contributed by atoms with Crippen LogP contribution in [0.15, 0.2) is 6.07 Å². The van der Waals surface area contributed by atoms with Crippen LogP contribution in [0.5, 0.6) is 5.88 Å². The van der Waals surface area contributed by atoms with Crippen LogP contribution >= 0.6 is 0 Å². The molecule has 0 N–H and O–H groups in total. The summed E-state index contributed by atoms with van der Waals surface area (Å²) in [5, 5.41) is 0. The molecule has 0 unspecified atom stereocenters.